The summed E-state index contributed by atoms with van der Waals surface area (Å²) in [6.45, 7) is 61.2. The molecule has 109 heavy (non-hydrogen) atoms. The summed E-state index contributed by atoms with van der Waals surface area (Å²) in [5.41, 5.74) is -4.99. The molecule has 2 amide bonds. The van der Waals surface area contributed by atoms with Crippen molar-refractivity contribution in [3.63, 3.8) is 0 Å². The Morgan fingerprint density at radius 2 is 0.789 bits per heavy atom. The SMILES string of the molecule is CCC(C)(C)C(=O)O.CCC(C)(C)C(=O)OC1C2CC3C1OC(=O)C3(C#N)C2.CCC(C)(C)C(=O)OC1C2CC3C1OC(=O)C3(C#N)C2.CCC(C)(C)C(=O)OCCC[Si](O[Si](C)(C)C)(O[Si](C)(C)C)O[Si](C)(C)C.CCC(C)(C)C(=O)OCC[Si](C)(C)C.CCC(C)(C)C(=O)ON1C(=O)C2C3CCC(C3)C2C1=O. The minimum atomic E-state index is -2.83. The van der Waals surface area contributed by atoms with Gasteiger partial charge in [-0.2, -0.15) is 10.5 Å². The number of ether oxygens (including phenoxy) is 6. The van der Waals surface area contributed by atoms with Crippen LogP contribution in [0.3, 0.4) is 0 Å². The quantitative estimate of drug-likeness (QED) is 0.0250. The third kappa shape index (κ3) is 23.5. The standard InChI is InChI=1S/C18H44O5Si4.2C15H19NO4.C15H21NO4.C11H24O2Si.C6H12O2/c1-13-18(2,3)17(19)20-15-14-16-27(21-24(4,5)6,22-25(7,8)9)23-26(10,11)12;2*1-4-14(2,3)12(17)19-10-8-5-9-11(10)20-13(18)15(9,6-8)7-16;1-4-15(2,3)14(19)20-16-12(17)10-8-5-6-9(7-8)11(10)13(16)18;1-7-11(2,3)10(12)13-8-9-14(4,5)6;1-4-6(2,3)5(7)8/h13-16H2,1-12H3;2*8-11H,4-6H2,1-3H3;8-11H,4-7H2,1-3H3;7-9H2,1-6H3;4H2,1-3H3,(H,7,8). The normalized spacial score (nSPS) is 27.8. The molecule has 0 aromatic heterocycles. The van der Waals surface area contributed by atoms with Gasteiger partial charge in [-0.25, -0.2) is 4.79 Å². The molecule has 0 radical (unpaired) electrons. The molecule has 6 bridgehead atoms. The van der Waals surface area contributed by atoms with Crippen LogP contribution in [0.5, 0.6) is 0 Å². The Balaban J connectivity index is 0.000000283. The van der Waals surface area contributed by atoms with Crippen LogP contribution < -0.4 is 0 Å². The molecule has 0 aromatic rings. The summed E-state index contributed by atoms with van der Waals surface area (Å²) in [4.78, 5) is 124. The number of hydrogen-bond donors (Lipinski definition) is 1. The zero-order chi connectivity index (χ0) is 84.0. The topological polar surface area (TPSA) is 334 Å². The second-order valence-corrected chi connectivity index (χ2v) is 62.3. The van der Waals surface area contributed by atoms with Crippen molar-refractivity contribution in [2.45, 2.75) is 330 Å². The van der Waals surface area contributed by atoms with Crippen molar-refractivity contribution >= 4 is 101 Å². The largest absolute Gasteiger partial charge is 0.481 e. The van der Waals surface area contributed by atoms with Crippen LogP contribution in [0.1, 0.15) is 215 Å². The third-order valence-electron chi connectivity index (χ3n) is 24.1. The average molecular weight is 1620 g/mol. The van der Waals surface area contributed by atoms with Crippen LogP contribution in [-0.2, 0) is 93.5 Å². The van der Waals surface area contributed by atoms with Gasteiger partial charge in [-0.3, -0.25) is 43.2 Å². The van der Waals surface area contributed by atoms with E-state index in [1.54, 1.807) is 27.7 Å². The summed E-state index contributed by atoms with van der Waals surface area (Å²) in [6, 6.07) is 6.05. The lowest BCUT2D eigenvalue weighted by molar-refractivity contribution is -0.206. The number of fused-ring (bicyclic) bond motifs is 7. The zero-order valence-electron chi connectivity index (χ0n) is 72.1. The zero-order valence-corrected chi connectivity index (χ0v) is 77.1. The van der Waals surface area contributed by atoms with Crippen molar-refractivity contribution in [3.05, 3.63) is 0 Å². The van der Waals surface area contributed by atoms with Crippen LogP contribution in [0.4, 0.5) is 0 Å². The van der Waals surface area contributed by atoms with Crippen LogP contribution in [0.25, 0.3) is 0 Å². The first-order valence-electron chi connectivity index (χ1n) is 40.0. The van der Waals surface area contributed by atoms with E-state index >= 15 is 0 Å². The summed E-state index contributed by atoms with van der Waals surface area (Å²) in [5.74, 6) is -3.28. The van der Waals surface area contributed by atoms with Gasteiger partial charge in [0, 0.05) is 37.8 Å². The van der Waals surface area contributed by atoms with Crippen LogP contribution in [0.2, 0.25) is 90.7 Å². The Hall–Kier alpha value is -5.16. The average Bonchev–Trinajstić information content (AvgIpc) is 1.55. The highest BCUT2D eigenvalue weighted by atomic mass is 28.5. The Kier molecular flexibility index (Phi) is 31.9. The van der Waals surface area contributed by atoms with Crippen molar-refractivity contribution in [2.75, 3.05) is 13.2 Å². The minimum absolute atomic E-state index is 0.0572. The first-order chi connectivity index (χ1) is 49.6. The van der Waals surface area contributed by atoms with Crippen molar-refractivity contribution in [1.82, 2.24) is 5.06 Å². The number of hydroxylamine groups is 2. The molecule has 6 saturated carbocycles. The van der Waals surface area contributed by atoms with Crippen molar-refractivity contribution < 1.29 is 98.7 Å². The molecule has 0 aromatic carbocycles. The smallest absolute Gasteiger partial charge is 0.469 e. The fourth-order valence-electron chi connectivity index (χ4n) is 14.6. The number of carbonyl (C=O) groups is 10. The molecule has 1 N–H and O–H groups in total. The Bertz CT molecular complexity index is 3210. The van der Waals surface area contributed by atoms with Crippen molar-refractivity contribution in [3.8, 4) is 12.1 Å². The highest BCUT2D eigenvalue weighted by molar-refractivity contribution is 6.90. The Morgan fingerprint density at radius 3 is 1.08 bits per heavy atom. The van der Waals surface area contributed by atoms with E-state index in [2.05, 4.69) is 90.7 Å². The Labute approximate surface area is 657 Å². The van der Waals surface area contributed by atoms with E-state index in [9.17, 15) is 58.5 Å². The molecule has 29 heteroatoms. The molecule has 0 spiro atoms. The number of carbonyl (C=O) groups excluding carboxylic acids is 9. The predicted octanol–water partition coefficient (Wildman–Crippen LogP) is 16.2. The van der Waals surface area contributed by atoms with Gasteiger partial charge in [0.1, 0.15) is 24.4 Å². The summed E-state index contributed by atoms with van der Waals surface area (Å²) in [5, 5.41) is 27.8. The molecule has 14 unspecified atom stereocenters. The van der Waals surface area contributed by atoms with E-state index in [1.165, 1.54) is 0 Å². The highest BCUT2D eigenvalue weighted by Gasteiger charge is 2.74. The maximum absolute atomic E-state index is 12.4. The number of imide groups is 1. The molecule has 14 atom stereocenters. The van der Waals surface area contributed by atoms with Crippen LogP contribution in [0.15, 0.2) is 0 Å². The molecule has 3 saturated heterocycles. The van der Waals surface area contributed by atoms with E-state index in [0.717, 1.165) is 56.1 Å². The van der Waals surface area contributed by atoms with E-state index in [-0.39, 0.29) is 88.8 Å². The number of carboxylic acids is 1. The van der Waals surface area contributed by atoms with Gasteiger partial charge in [-0.1, -0.05) is 61.2 Å². The van der Waals surface area contributed by atoms with Gasteiger partial charge in [0.25, 0.3) is 11.8 Å². The lowest BCUT2D eigenvalue weighted by Gasteiger charge is -2.42. The number of aliphatic carboxylic acids is 1. The summed E-state index contributed by atoms with van der Waals surface area (Å²) < 4.78 is 52.7. The van der Waals surface area contributed by atoms with Gasteiger partial charge in [0.05, 0.1) is 69.7 Å². The first kappa shape index (κ1) is 96.2. The third-order valence-corrected chi connectivity index (χ3v) is 37.8. The van der Waals surface area contributed by atoms with Crippen molar-refractivity contribution in [1.29, 1.82) is 10.5 Å². The summed E-state index contributed by atoms with van der Waals surface area (Å²) >= 11 is 0. The minimum Gasteiger partial charge on any atom is -0.481 e. The summed E-state index contributed by atoms with van der Waals surface area (Å²) in [6.07, 6.45) is 8.84. The highest BCUT2D eigenvalue weighted by Crippen LogP contribution is 2.64. The first-order valence-corrected chi connectivity index (χ1v) is 55.9. The van der Waals surface area contributed by atoms with Crippen LogP contribution >= 0.6 is 0 Å². The molecule has 620 valence electrons. The number of nitriles is 2. The second kappa shape index (κ2) is 36.1. The molecule has 3 aliphatic heterocycles. The van der Waals surface area contributed by atoms with Crippen molar-refractivity contribution in [2.24, 2.45) is 90.7 Å². The number of carboxylic acid groups (broad SMARTS) is 1. The molecular formula is C80H139N3O21Si5. The van der Waals surface area contributed by atoms with Gasteiger partial charge < -0.3 is 50.7 Å². The molecule has 9 rings (SSSR count). The molecular weight excluding hydrogens is 1480 g/mol. The van der Waals surface area contributed by atoms with Gasteiger partial charge in [-0.05, 0) is 250 Å². The van der Waals surface area contributed by atoms with Gasteiger partial charge >= 0.3 is 56.6 Å². The van der Waals surface area contributed by atoms with Gasteiger partial charge in [-0.15, -0.1) is 5.06 Å². The van der Waals surface area contributed by atoms with E-state index < -0.39 is 116 Å². The summed E-state index contributed by atoms with van der Waals surface area (Å²) in [7, 11) is -9.49. The molecule has 9 fully saturated rings. The number of rotatable bonds is 28. The maximum atomic E-state index is 12.4. The van der Waals surface area contributed by atoms with E-state index in [4.69, 9.17) is 50.7 Å². The lowest BCUT2D eigenvalue weighted by Crippen LogP contribution is -2.60. The molecule has 6 aliphatic carbocycles. The molecule has 9 aliphatic rings. The predicted molar refractivity (Wildman–Crippen MR) is 424 cm³/mol. The molecule has 3 heterocycles. The molecule has 24 nitrogen and oxygen atoms in total. The van der Waals surface area contributed by atoms with E-state index in [1.807, 2.05) is 96.9 Å². The lowest BCUT2D eigenvalue weighted by atomic mass is 9.74. The van der Waals surface area contributed by atoms with Crippen LogP contribution in [-0.4, -0.2) is 149 Å². The second-order valence-electron chi connectivity index (χ2n) is 39.7. The van der Waals surface area contributed by atoms with Crippen LogP contribution in [0, 0.1) is 113 Å². The van der Waals surface area contributed by atoms with Gasteiger partial charge in [0.2, 0.25) is 0 Å². The number of amides is 2. The fourth-order valence-corrected chi connectivity index (χ4v) is 29.9. The Morgan fingerprint density at radius 1 is 0.468 bits per heavy atom. The number of esters is 6. The number of nitrogens with zero attached hydrogens (tertiary/aromatic N) is 3. The number of hydrogen-bond acceptors (Lipinski definition) is 22. The van der Waals surface area contributed by atoms with E-state index in [0.29, 0.717) is 76.0 Å². The van der Waals surface area contributed by atoms with Gasteiger partial charge in [0.15, 0.2) is 35.8 Å². The maximum Gasteiger partial charge on any atom is 0.469 e. The fraction of sp³-hybridized carbons (Fsp3) is 0.850. The monoisotopic (exact) mass is 1620 g/mol.